The first-order chi connectivity index (χ1) is 18.8. The van der Waals surface area contributed by atoms with Crippen molar-refractivity contribution in [2.75, 3.05) is 0 Å². The van der Waals surface area contributed by atoms with Gasteiger partial charge in [-0.05, 0) is 88.3 Å². The van der Waals surface area contributed by atoms with Crippen LogP contribution in [0.5, 0.6) is 0 Å². The van der Waals surface area contributed by atoms with Crippen molar-refractivity contribution in [1.82, 2.24) is 15.2 Å². The summed E-state index contributed by atoms with van der Waals surface area (Å²) < 4.78 is 0. The molecular formula is C35H42ClN3. The third-order valence-corrected chi connectivity index (χ3v) is 6.82. The van der Waals surface area contributed by atoms with Crippen LogP contribution in [0.4, 0.5) is 0 Å². The Morgan fingerprint density at radius 3 is 2.56 bits per heavy atom. The van der Waals surface area contributed by atoms with Gasteiger partial charge in [-0.2, -0.15) is 5.10 Å². The quantitative estimate of drug-likeness (QED) is 0.250. The molecule has 1 N–H and O–H groups in total. The molecule has 1 aromatic carbocycles. The molecule has 1 atom stereocenters. The molecule has 0 saturated carbocycles. The lowest BCUT2D eigenvalue weighted by molar-refractivity contribution is 0.822. The molecule has 0 spiro atoms. The van der Waals surface area contributed by atoms with Crippen LogP contribution in [0, 0.1) is 32.1 Å². The minimum atomic E-state index is 0.266. The van der Waals surface area contributed by atoms with Gasteiger partial charge in [0.2, 0.25) is 0 Å². The van der Waals surface area contributed by atoms with Crippen molar-refractivity contribution in [3.63, 3.8) is 0 Å². The number of terminal acetylenes is 1. The van der Waals surface area contributed by atoms with Gasteiger partial charge in [0.1, 0.15) is 0 Å². The summed E-state index contributed by atoms with van der Waals surface area (Å²) in [5.74, 6) is 3.05. The van der Waals surface area contributed by atoms with Gasteiger partial charge in [0.25, 0.3) is 0 Å². The van der Waals surface area contributed by atoms with Crippen LogP contribution in [0.15, 0.2) is 84.3 Å². The van der Waals surface area contributed by atoms with Crippen molar-refractivity contribution >= 4 is 33.1 Å². The molecule has 2 aromatic heterocycles. The van der Waals surface area contributed by atoms with Gasteiger partial charge in [-0.3, -0.25) is 10.1 Å². The van der Waals surface area contributed by atoms with Gasteiger partial charge in [0.15, 0.2) is 0 Å². The molecule has 0 fully saturated rings. The summed E-state index contributed by atoms with van der Waals surface area (Å²) in [5, 5.41) is 8.69. The Morgan fingerprint density at radius 2 is 1.92 bits per heavy atom. The molecule has 3 aromatic rings. The second-order valence-corrected chi connectivity index (χ2v) is 9.90. The van der Waals surface area contributed by atoms with E-state index in [9.17, 15) is 0 Å². The Labute approximate surface area is 240 Å². The smallest absolute Gasteiger partial charge is 0.0842 e. The van der Waals surface area contributed by atoms with Crippen LogP contribution < -0.4 is 0 Å². The van der Waals surface area contributed by atoms with Gasteiger partial charge in [-0.15, -0.1) is 6.42 Å². The van der Waals surface area contributed by atoms with Gasteiger partial charge in [-0.1, -0.05) is 91.1 Å². The number of rotatable bonds is 6. The fourth-order valence-corrected chi connectivity index (χ4v) is 4.19. The lowest BCUT2D eigenvalue weighted by atomic mass is 9.94. The molecule has 1 aliphatic carbocycles. The molecule has 2 heterocycles. The molecule has 1 unspecified atom stereocenters. The zero-order valence-corrected chi connectivity index (χ0v) is 25.2. The lowest BCUT2D eigenvalue weighted by Gasteiger charge is -2.11. The first-order valence-electron chi connectivity index (χ1n) is 13.7. The summed E-state index contributed by atoms with van der Waals surface area (Å²) in [6.07, 6.45) is 25.1. The Balaban J connectivity index is 0.000000365. The van der Waals surface area contributed by atoms with E-state index in [1.165, 1.54) is 27.7 Å². The van der Waals surface area contributed by atoms with Crippen LogP contribution in [0.2, 0.25) is 0 Å². The summed E-state index contributed by atoms with van der Waals surface area (Å²) >= 11 is 6.20. The zero-order valence-electron chi connectivity index (χ0n) is 24.5. The second-order valence-electron chi connectivity index (χ2n) is 9.50. The van der Waals surface area contributed by atoms with E-state index in [-0.39, 0.29) is 5.92 Å². The molecule has 0 radical (unpaired) electrons. The molecule has 0 bridgehead atoms. The summed E-state index contributed by atoms with van der Waals surface area (Å²) in [6, 6.07) is 8.37. The normalized spacial score (nSPS) is 15.5. The highest BCUT2D eigenvalue weighted by molar-refractivity contribution is 6.48. The minimum absolute atomic E-state index is 0.266. The number of nitrogens with zero attached hydrogens (tertiary/aromatic N) is 2. The summed E-state index contributed by atoms with van der Waals surface area (Å²) in [5.41, 5.74) is 9.37. The number of nitrogens with one attached hydrogen (secondary N) is 1. The third-order valence-electron chi connectivity index (χ3n) is 6.43. The number of hydrogen-bond acceptors (Lipinski definition) is 2. The molecule has 39 heavy (non-hydrogen) atoms. The van der Waals surface area contributed by atoms with E-state index in [1.54, 1.807) is 0 Å². The van der Waals surface area contributed by atoms with Crippen molar-refractivity contribution in [3.05, 3.63) is 107 Å². The highest BCUT2D eigenvalue weighted by Gasteiger charge is 2.07. The van der Waals surface area contributed by atoms with Crippen LogP contribution in [0.3, 0.4) is 0 Å². The molecule has 1 aliphatic rings. The average molecular weight is 540 g/mol. The van der Waals surface area contributed by atoms with Crippen molar-refractivity contribution in [3.8, 4) is 12.3 Å². The lowest BCUT2D eigenvalue weighted by Crippen LogP contribution is -1.96. The number of aryl methyl sites for hydroxylation is 2. The van der Waals surface area contributed by atoms with E-state index in [1.807, 2.05) is 46.2 Å². The van der Waals surface area contributed by atoms with E-state index in [0.29, 0.717) is 5.03 Å². The molecule has 0 amide bonds. The number of aromatic amines is 1. The Kier molecular flexibility index (Phi) is 13.3. The summed E-state index contributed by atoms with van der Waals surface area (Å²) in [6.45, 7) is 14.3. The van der Waals surface area contributed by atoms with Crippen LogP contribution >= 0.6 is 11.6 Å². The van der Waals surface area contributed by atoms with Crippen LogP contribution in [0.1, 0.15) is 76.3 Å². The van der Waals surface area contributed by atoms with Crippen LogP contribution in [0.25, 0.3) is 21.5 Å². The topological polar surface area (TPSA) is 41.6 Å². The van der Waals surface area contributed by atoms with Gasteiger partial charge in [0, 0.05) is 17.5 Å². The predicted octanol–water partition coefficient (Wildman–Crippen LogP) is 10.2. The predicted molar refractivity (Wildman–Crippen MR) is 171 cm³/mol. The van der Waals surface area contributed by atoms with E-state index in [4.69, 9.17) is 18.0 Å². The van der Waals surface area contributed by atoms with Crippen LogP contribution in [-0.4, -0.2) is 15.2 Å². The van der Waals surface area contributed by atoms with Gasteiger partial charge in [-0.25, -0.2) is 0 Å². The molecule has 4 rings (SSSR count). The highest BCUT2D eigenvalue weighted by atomic mass is 35.5. The van der Waals surface area contributed by atoms with Gasteiger partial charge < -0.3 is 0 Å². The van der Waals surface area contributed by atoms with Gasteiger partial charge in [0.05, 0.1) is 22.4 Å². The zero-order chi connectivity index (χ0) is 28.8. The fourth-order valence-electron chi connectivity index (χ4n) is 3.99. The van der Waals surface area contributed by atoms with Gasteiger partial charge >= 0.3 is 0 Å². The molecule has 4 heteroatoms. The molecule has 3 nitrogen and oxygen atoms in total. The number of hydrogen-bond donors (Lipinski definition) is 1. The maximum Gasteiger partial charge on any atom is 0.0842 e. The fraction of sp³-hybridized carbons (Fsp3) is 0.314. The van der Waals surface area contributed by atoms with Crippen LogP contribution in [-0.2, 0) is 0 Å². The van der Waals surface area contributed by atoms with Crippen molar-refractivity contribution in [2.45, 2.75) is 67.7 Å². The third kappa shape index (κ3) is 9.89. The monoisotopic (exact) mass is 539 g/mol. The number of aromatic nitrogens is 3. The number of halogens is 1. The summed E-state index contributed by atoms with van der Waals surface area (Å²) in [4.78, 5) is 4.52. The number of pyridine rings is 1. The Bertz CT molecular complexity index is 1420. The average Bonchev–Trinajstić information content (AvgIpc) is 3.43. The maximum absolute atomic E-state index is 6.20. The number of fused-ring (bicyclic) bond motifs is 1. The maximum atomic E-state index is 6.20. The van der Waals surface area contributed by atoms with E-state index >= 15 is 0 Å². The Morgan fingerprint density at radius 1 is 1.15 bits per heavy atom. The SMILES string of the molecule is C#CC1C=CC(CC/C(C)=C\C=C(/C)c2cnc(/C(Cl)=C\C)c(C)c2)=CC1.CC.Cc1ccc2cn[nH]c2c1. The number of benzene rings is 1. The standard InChI is InChI=1S/C25H28ClN.C8H8N2.C2H6/c1-6-21-12-14-22(15-13-21)11-9-18(3)8-10-19(4)23-16-20(5)25(27-17-23)24(26)7-2;1-6-2-3-7-5-9-10-8(7)4-6;1-2/h1,7-8,10,12,14-17,21H,9,11,13H2,2-5H3;2-5H,1H3,(H,9,10);1-2H3/b18-8-,19-10+,24-7+;;. The van der Waals surface area contributed by atoms with Crippen molar-refractivity contribution in [1.29, 1.82) is 0 Å². The molecule has 204 valence electrons. The van der Waals surface area contributed by atoms with E-state index in [2.05, 4.69) is 96.5 Å². The molecular weight excluding hydrogens is 498 g/mol. The van der Waals surface area contributed by atoms with E-state index < -0.39 is 0 Å². The van der Waals surface area contributed by atoms with Crippen molar-refractivity contribution in [2.24, 2.45) is 5.92 Å². The molecule has 0 aliphatic heterocycles. The first kappa shape index (κ1) is 31.6. The second kappa shape index (κ2) is 16.4. The van der Waals surface area contributed by atoms with E-state index in [0.717, 1.165) is 41.6 Å². The largest absolute Gasteiger partial charge is 0.278 e. The number of allylic oxidation sites excluding steroid dienone is 9. The number of H-pyrrole nitrogens is 1. The summed E-state index contributed by atoms with van der Waals surface area (Å²) in [7, 11) is 0. The molecule has 0 saturated heterocycles. The van der Waals surface area contributed by atoms with Crippen molar-refractivity contribution < 1.29 is 0 Å². The Hall–Kier alpha value is -3.61. The minimum Gasteiger partial charge on any atom is -0.278 e. The highest BCUT2D eigenvalue weighted by Crippen LogP contribution is 2.24. The first-order valence-corrected chi connectivity index (χ1v) is 14.0.